The monoisotopic (exact) mass is 453 g/mol. The zero-order chi connectivity index (χ0) is 23.5. The molecule has 1 N–H and O–H groups in total. The van der Waals surface area contributed by atoms with Crippen LogP contribution in [0.5, 0.6) is 0 Å². The van der Waals surface area contributed by atoms with Crippen LogP contribution in [0.15, 0.2) is 30.3 Å². The third kappa shape index (κ3) is 3.71. The molecule has 1 aromatic carbocycles. The molecule has 1 saturated heterocycles. The number of hydrogen-bond acceptors (Lipinski definition) is 4. The van der Waals surface area contributed by atoms with Crippen molar-refractivity contribution in [3.63, 3.8) is 0 Å². The second kappa shape index (κ2) is 7.77. The number of benzene rings is 1. The summed E-state index contributed by atoms with van der Waals surface area (Å²) in [6, 6.07) is 8.41. The largest absolute Gasteiger partial charge is 0.386 e. The lowest BCUT2D eigenvalue weighted by Crippen LogP contribution is -2.56. The Morgan fingerprint density at radius 2 is 1.76 bits per heavy atom. The molecule has 176 valence electrons. The van der Waals surface area contributed by atoms with Crippen LogP contribution in [0.4, 0.5) is 4.39 Å². The van der Waals surface area contributed by atoms with Crippen molar-refractivity contribution in [3.8, 4) is 0 Å². The van der Waals surface area contributed by atoms with Gasteiger partial charge in [-0.15, -0.1) is 0 Å². The second-order valence-corrected chi connectivity index (χ2v) is 10.4. The summed E-state index contributed by atoms with van der Waals surface area (Å²) in [7, 11) is 2.13. The van der Waals surface area contributed by atoms with Gasteiger partial charge in [0, 0.05) is 48.9 Å². The number of likely N-dealkylation sites (N-methyl/N-ethyl adjacent to an activating group) is 1. The van der Waals surface area contributed by atoms with Crippen molar-refractivity contribution in [2.75, 3.05) is 26.7 Å². The Labute approximate surface area is 194 Å². The number of carbonyl (C=O) groups excluding carboxylic acids is 2. The number of hydrogen-bond donors (Lipinski definition) is 1. The van der Waals surface area contributed by atoms with Gasteiger partial charge in [0.2, 0.25) is 0 Å². The van der Waals surface area contributed by atoms with Crippen LogP contribution in [-0.2, 0) is 17.7 Å². The molecule has 6 nitrogen and oxygen atoms in total. The normalized spacial score (nSPS) is 20.7. The maximum absolute atomic E-state index is 14.5. The average molecular weight is 454 g/mol. The summed E-state index contributed by atoms with van der Waals surface area (Å²) in [5.41, 5.74) is 0.983. The molecule has 33 heavy (non-hydrogen) atoms. The van der Waals surface area contributed by atoms with E-state index in [1.54, 1.807) is 11.0 Å². The highest BCUT2D eigenvalue weighted by Crippen LogP contribution is 2.43. The van der Waals surface area contributed by atoms with Gasteiger partial charge in [-0.25, -0.2) is 4.39 Å². The van der Waals surface area contributed by atoms with E-state index in [1.165, 1.54) is 31.7 Å². The van der Waals surface area contributed by atoms with Crippen LogP contribution < -0.4 is 0 Å². The van der Waals surface area contributed by atoms with Crippen molar-refractivity contribution >= 4 is 11.7 Å². The van der Waals surface area contributed by atoms with E-state index in [9.17, 15) is 19.1 Å². The molecule has 1 amide bonds. The molecule has 3 heterocycles. The van der Waals surface area contributed by atoms with E-state index in [4.69, 9.17) is 0 Å². The first-order valence-corrected chi connectivity index (χ1v) is 11.9. The van der Waals surface area contributed by atoms with Crippen molar-refractivity contribution in [1.82, 2.24) is 14.4 Å². The van der Waals surface area contributed by atoms with Crippen molar-refractivity contribution in [2.24, 2.45) is 5.92 Å². The summed E-state index contributed by atoms with van der Waals surface area (Å²) >= 11 is 0. The number of rotatable bonds is 4. The predicted molar refractivity (Wildman–Crippen MR) is 123 cm³/mol. The molecule has 0 atom stereocenters. The molecule has 7 heteroatoms. The number of halogens is 1. The standard InChI is InChI=1S/C26H32FN3O3/c1-25(2,33)19-7-6-18(16-20(19)27)24(32)29-12-10-26(11-13-29)22-9-8-21(23(31)17-4-5-17)30(22)15-14-28(26)3/h6-9,16-17,33H,4-5,10-15H2,1-3H3. The molecule has 1 spiro atoms. The molecule has 2 fully saturated rings. The lowest BCUT2D eigenvalue weighted by molar-refractivity contribution is 0.0127. The van der Waals surface area contributed by atoms with Gasteiger partial charge in [0.15, 0.2) is 5.78 Å². The molecule has 1 aromatic heterocycles. The Kier molecular flexibility index (Phi) is 5.25. The fourth-order valence-corrected chi connectivity index (χ4v) is 5.59. The fourth-order valence-electron chi connectivity index (χ4n) is 5.59. The van der Waals surface area contributed by atoms with E-state index in [1.807, 2.05) is 6.07 Å². The van der Waals surface area contributed by atoms with Crippen LogP contribution >= 0.6 is 0 Å². The van der Waals surface area contributed by atoms with Crippen LogP contribution in [0.25, 0.3) is 0 Å². The highest BCUT2D eigenvalue weighted by Gasteiger charge is 2.46. The topological polar surface area (TPSA) is 65.8 Å². The van der Waals surface area contributed by atoms with Gasteiger partial charge in [-0.05, 0) is 70.8 Å². The number of nitrogens with zero attached hydrogens (tertiary/aromatic N) is 3. The Bertz CT molecular complexity index is 1100. The molecule has 2 aromatic rings. The smallest absolute Gasteiger partial charge is 0.253 e. The lowest BCUT2D eigenvalue weighted by atomic mass is 9.81. The number of aromatic nitrogens is 1. The number of Topliss-reactive ketones (excluding diaryl/α,β-unsaturated/α-hetero) is 1. The number of piperidine rings is 1. The zero-order valence-corrected chi connectivity index (χ0v) is 19.6. The van der Waals surface area contributed by atoms with Gasteiger partial charge in [-0.1, -0.05) is 6.07 Å². The first kappa shape index (κ1) is 22.3. The fraction of sp³-hybridized carbons (Fsp3) is 0.538. The number of ketones is 1. The van der Waals surface area contributed by atoms with E-state index in [0.29, 0.717) is 18.7 Å². The Balaban J connectivity index is 1.35. The first-order valence-electron chi connectivity index (χ1n) is 11.9. The molecule has 0 unspecified atom stereocenters. The third-order valence-corrected chi connectivity index (χ3v) is 7.80. The van der Waals surface area contributed by atoms with Crippen molar-refractivity contribution in [1.29, 1.82) is 0 Å². The predicted octanol–water partition coefficient (Wildman–Crippen LogP) is 3.52. The molecule has 1 aliphatic carbocycles. The van der Waals surface area contributed by atoms with E-state index in [-0.39, 0.29) is 28.7 Å². The first-order chi connectivity index (χ1) is 15.6. The summed E-state index contributed by atoms with van der Waals surface area (Å²) in [6.45, 7) is 5.85. The van der Waals surface area contributed by atoms with E-state index in [2.05, 4.69) is 22.6 Å². The van der Waals surface area contributed by atoms with Crippen molar-refractivity contribution < 1.29 is 19.1 Å². The SMILES string of the molecule is CN1CCn2c(C(=O)C3CC3)ccc2C12CCN(C(=O)c1ccc(C(C)(C)O)c(F)c1)CC2. The van der Waals surface area contributed by atoms with Crippen LogP contribution in [0.1, 0.15) is 71.6 Å². The van der Waals surface area contributed by atoms with E-state index in [0.717, 1.165) is 44.5 Å². The van der Waals surface area contributed by atoms with Gasteiger partial charge in [0.25, 0.3) is 5.91 Å². The van der Waals surface area contributed by atoms with Crippen LogP contribution in [-0.4, -0.2) is 57.8 Å². The van der Waals surface area contributed by atoms with Gasteiger partial charge in [0.05, 0.1) is 16.8 Å². The average Bonchev–Trinajstić information content (AvgIpc) is 3.54. The molecule has 0 radical (unpaired) electrons. The minimum atomic E-state index is -1.30. The van der Waals surface area contributed by atoms with Gasteiger partial charge in [0.1, 0.15) is 5.82 Å². The van der Waals surface area contributed by atoms with E-state index >= 15 is 0 Å². The van der Waals surface area contributed by atoms with Gasteiger partial charge in [-0.2, -0.15) is 0 Å². The van der Waals surface area contributed by atoms with Crippen LogP contribution in [0.2, 0.25) is 0 Å². The summed E-state index contributed by atoms with van der Waals surface area (Å²) in [5.74, 6) is -0.295. The number of amides is 1. The van der Waals surface area contributed by atoms with Gasteiger partial charge >= 0.3 is 0 Å². The number of carbonyl (C=O) groups is 2. The highest BCUT2D eigenvalue weighted by atomic mass is 19.1. The second-order valence-electron chi connectivity index (χ2n) is 10.4. The van der Waals surface area contributed by atoms with Gasteiger partial charge < -0.3 is 14.6 Å². The maximum atomic E-state index is 14.5. The summed E-state index contributed by atoms with van der Waals surface area (Å²) < 4.78 is 16.7. The molecule has 5 rings (SSSR count). The minimum absolute atomic E-state index is 0.179. The summed E-state index contributed by atoms with van der Waals surface area (Å²) in [4.78, 5) is 30.0. The lowest BCUT2D eigenvalue weighted by Gasteiger charge is -2.50. The molecule has 1 saturated carbocycles. The number of fused-ring (bicyclic) bond motifs is 2. The molecule has 2 aliphatic heterocycles. The third-order valence-electron chi connectivity index (χ3n) is 7.80. The number of aliphatic hydroxyl groups is 1. The van der Waals surface area contributed by atoms with Gasteiger partial charge in [-0.3, -0.25) is 14.5 Å². The molecular formula is C26H32FN3O3. The minimum Gasteiger partial charge on any atom is -0.386 e. The highest BCUT2D eigenvalue weighted by molar-refractivity contribution is 5.98. The summed E-state index contributed by atoms with van der Waals surface area (Å²) in [5, 5.41) is 10.1. The maximum Gasteiger partial charge on any atom is 0.253 e. The Hall–Kier alpha value is -2.51. The van der Waals surface area contributed by atoms with Crippen molar-refractivity contribution in [2.45, 2.75) is 57.2 Å². The molecule has 3 aliphatic rings. The Morgan fingerprint density at radius 1 is 1.06 bits per heavy atom. The van der Waals surface area contributed by atoms with Crippen LogP contribution in [0, 0.1) is 11.7 Å². The number of likely N-dealkylation sites (tertiary alicyclic amines) is 1. The van der Waals surface area contributed by atoms with E-state index < -0.39 is 11.4 Å². The summed E-state index contributed by atoms with van der Waals surface area (Å²) in [6.07, 6.45) is 3.53. The Morgan fingerprint density at radius 3 is 2.36 bits per heavy atom. The zero-order valence-electron chi connectivity index (χ0n) is 19.6. The quantitative estimate of drug-likeness (QED) is 0.720. The van der Waals surface area contributed by atoms with Crippen molar-refractivity contribution in [3.05, 3.63) is 58.7 Å². The molecule has 0 bridgehead atoms. The van der Waals surface area contributed by atoms with Crippen LogP contribution in [0.3, 0.4) is 0 Å². The molecular weight excluding hydrogens is 421 g/mol.